The van der Waals surface area contributed by atoms with Gasteiger partial charge in [-0.15, -0.1) is 0 Å². The molecule has 5 aliphatic heterocycles. The van der Waals surface area contributed by atoms with Gasteiger partial charge in [-0.25, -0.2) is 9.59 Å². The second-order valence-electron chi connectivity index (χ2n) is 18.1. The molecule has 7 bridgehead atoms. The van der Waals surface area contributed by atoms with Crippen LogP contribution >= 0.6 is 0 Å². The van der Waals surface area contributed by atoms with Gasteiger partial charge in [0.1, 0.15) is 18.0 Å². The molecule has 0 amide bonds. The molecule has 0 aliphatic carbocycles. The Morgan fingerprint density at radius 2 is 1.69 bits per heavy atom. The maximum Gasteiger partial charge on any atom is 0.331 e. The summed E-state index contributed by atoms with van der Waals surface area (Å²) in [6, 6.07) is 0. The first-order chi connectivity index (χ1) is 29.1. The van der Waals surface area contributed by atoms with Crippen LogP contribution in [0.2, 0.25) is 0 Å². The third kappa shape index (κ3) is 11.4. The molecule has 0 saturated carbocycles. The molecule has 0 aromatic rings. The van der Waals surface area contributed by atoms with Crippen molar-refractivity contribution in [3.8, 4) is 0 Å². The zero-order valence-electron chi connectivity index (χ0n) is 37.0. The Morgan fingerprint density at radius 1 is 0.952 bits per heavy atom. The van der Waals surface area contributed by atoms with Crippen LogP contribution in [0.1, 0.15) is 113 Å². The largest absolute Gasteiger partial charge is 0.466 e. The molecule has 0 radical (unpaired) electrons. The summed E-state index contributed by atoms with van der Waals surface area (Å²) in [6.45, 7) is 11.6. The fraction of sp³-hybridized carbons (Fsp3) is 0.674. The van der Waals surface area contributed by atoms with Crippen LogP contribution in [0.3, 0.4) is 0 Å². The van der Waals surface area contributed by atoms with E-state index in [9.17, 15) is 39.3 Å². The minimum absolute atomic E-state index is 0.0956. The number of fused-ring (bicyclic) bond motifs is 6. The summed E-state index contributed by atoms with van der Waals surface area (Å²) in [7, 11) is 1.26. The predicted octanol–water partition coefficient (Wildman–Crippen LogP) is 4.88. The number of aliphatic hydroxyl groups is 3. The molecule has 1 spiro atoms. The third-order valence-electron chi connectivity index (χ3n) is 12.4. The topological polar surface area (TPSA) is 220 Å². The quantitative estimate of drug-likeness (QED) is 0.0973. The van der Waals surface area contributed by atoms with E-state index in [2.05, 4.69) is 0 Å². The average Bonchev–Trinajstić information content (AvgIpc) is 3.15. The van der Waals surface area contributed by atoms with Gasteiger partial charge in [0.2, 0.25) is 0 Å². The zero-order chi connectivity index (χ0) is 45.6. The molecule has 3 N–H and O–H groups in total. The molecular weight excluding hydrogens is 808 g/mol. The molecule has 344 valence electrons. The van der Waals surface area contributed by atoms with Crippen LogP contribution in [0.5, 0.6) is 0 Å². The molecule has 11 atom stereocenters. The van der Waals surface area contributed by atoms with E-state index in [1.165, 1.54) is 33.1 Å². The summed E-state index contributed by atoms with van der Waals surface area (Å²) in [6.07, 6.45) is 5.73. The lowest BCUT2D eigenvalue weighted by Gasteiger charge is -2.54. The van der Waals surface area contributed by atoms with Gasteiger partial charge in [-0.3, -0.25) is 14.4 Å². The monoisotopic (exact) mass is 872 g/mol. The van der Waals surface area contributed by atoms with Gasteiger partial charge in [0.05, 0.1) is 61.3 Å². The smallest absolute Gasteiger partial charge is 0.331 e. The van der Waals surface area contributed by atoms with E-state index < -0.39 is 113 Å². The van der Waals surface area contributed by atoms with Gasteiger partial charge in [-0.2, -0.15) is 0 Å². The molecule has 5 heterocycles. The Balaban J connectivity index is 1.61. The second-order valence-corrected chi connectivity index (χ2v) is 18.1. The number of cyclic esters (lactones) is 1. The van der Waals surface area contributed by atoms with Crippen molar-refractivity contribution in [2.24, 2.45) is 16.7 Å². The number of esters is 5. The van der Waals surface area contributed by atoms with Crippen molar-refractivity contribution in [1.29, 1.82) is 0 Å². The Hall–Kier alpha value is -4.35. The highest BCUT2D eigenvalue weighted by Crippen LogP contribution is 2.53. The van der Waals surface area contributed by atoms with Gasteiger partial charge >= 0.3 is 29.8 Å². The zero-order valence-corrected chi connectivity index (χ0v) is 37.0. The van der Waals surface area contributed by atoms with Crippen molar-refractivity contribution in [1.82, 2.24) is 0 Å². The number of unbranched alkanes of at least 4 members (excludes halogenated alkanes) is 1. The molecule has 5 aliphatic rings. The maximum absolute atomic E-state index is 13.4. The summed E-state index contributed by atoms with van der Waals surface area (Å²) in [5.74, 6) is -7.93. The molecule has 0 aromatic carbocycles. The maximum atomic E-state index is 13.4. The number of carbonyl (C=O) groups excluding carboxylic acids is 5. The SMILES string of the molecule is CCC/C=C/C=C/C(=O)O[C@H]1C2C=C3C[C@H]([C@@H](C)O)OC(=O)C[C@H](O)C[C@@H]4C[C@H](OC(C)=O)C(C)(C)[C@](O)(C[C@@H]5C/C(=C/C(=O)OC)C[C@H](C=CC(C)(C)[C@]1(OC(=O)C2)O3)O5)O4. The third-order valence-corrected chi connectivity index (χ3v) is 12.4. The Labute approximate surface area is 363 Å². The normalized spacial score (nSPS) is 36.0. The molecule has 16 heteroatoms. The van der Waals surface area contributed by atoms with Crippen molar-refractivity contribution >= 4 is 29.8 Å². The summed E-state index contributed by atoms with van der Waals surface area (Å²) in [4.78, 5) is 65.1. The van der Waals surface area contributed by atoms with E-state index in [1.54, 1.807) is 58.1 Å². The van der Waals surface area contributed by atoms with Crippen LogP contribution in [-0.2, 0) is 61.9 Å². The molecule has 3 fully saturated rings. The van der Waals surface area contributed by atoms with Crippen molar-refractivity contribution in [3.05, 3.63) is 59.9 Å². The number of carbonyl (C=O) groups is 5. The van der Waals surface area contributed by atoms with Gasteiger partial charge in [-0.1, -0.05) is 63.1 Å². The average molecular weight is 873 g/mol. The molecule has 62 heavy (non-hydrogen) atoms. The van der Waals surface area contributed by atoms with Crippen molar-refractivity contribution < 1.29 is 77.2 Å². The summed E-state index contributed by atoms with van der Waals surface area (Å²) in [5.41, 5.74) is -1.89. The summed E-state index contributed by atoms with van der Waals surface area (Å²) < 4.78 is 48.3. The number of methoxy groups -OCH3 is 1. The standard InChI is InChI=1S/C46H64O16/c1-9-10-11-12-13-14-38(50)59-42-30-20-33-24-36(27(2)47)58-40(52)23-31(49)22-34-25-37(56-28(3)48)44(6,7)45(54,60-34)26-35-18-29(19-39(51)55-8)17-32(57-35)15-16-43(4,5)46(42,61-33)62-41(53)21-30/h11-16,19-20,27,30-32,34-37,42,47,49,54H,9-10,17-18,21-26H2,1-8H3/b12-11+,14-13+,16-15?,29-19+/t27-,30?,31-,32+,34-,35+,36-,37+,42+,45+,46+/m1/s1. The first-order valence-electron chi connectivity index (χ1n) is 21.5. The van der Waals surface area contributed by atoms with E-state index in [1.807, 2.05) is 13.0 Å². The first kappa shape index (κ1) is 48.7. The van der Waals surface area contributed by atoms with Gasteiger partial charge in [0.25, 0.3) is 5.79 Å². The minimum atomic E-state index is -2.03. The number of rotatable bonds is 8. The highest BCUT2D eigenvalue weighted by Gasteiger charge is 2.65. The molecule has 16 nitrogen and oxygen atoms in total. The van der Waals surface area contributed by atoms with Gasteiger partial charge in [0.15, 0.2) is 11.9 Å². The van der Waals surface area contributed by atoms with E-state index in [0.717, 1.165) is 12.8 Å². The Kier molecular flexibility index (Phi) is 15.7. The fourth-order valence-electron chi connectivity index (χ4n) is 8.83. The van der Waals surface area contributed by atoms with Gasteiger partial charge in [-0.05, 0) is 46.1 Å². The summed E-state index contributed by atoms with van der Waals surface area (Å²) >= 11 is 0. The number of hydrogen-bond acceptors (Lipinski definition) is 16. The van der Waals surface area contributed by atoms with Crippen LogP contribution in [0.25, 0.3) is 0 Å². The van der Waals surface area contributed by atoms with Gasteiger partial charge < -0.3 is 53.2 Å². The molecule has 5 rings (SSSR count). The minimum Gasteiger partial charge on any atom is -0.466 e. The van der Waals surface area contributed by atoms with Crippen LogP contribution in [0.4, 0.5) is 0 Å². The van der Waals surface area contributed by atoms with E-state index >= 15 is 0 Å². The number of hydrogen-bond donors (Lipinski definition) is 3. The number of ether oxygens (including phenoxy) is 8. The number of allylic oxidation sites excluding steroid dienone is 3. The first-order valence-corrected chi connectivity index (χ1v) is 21.5. The van der Waals surface area contributed by atoms with E-state index in [4.69, 9.17) is 37.9 Å². The predicted molar refractivity (Wildman–Crippen MR) is 220 cm³/mol. The van der Waals surface area contributed by atoms with Crippen LogP contribution in [0.15, 0.2) is 59.9 Å². The Morgan fingerprint density at radius 3 is 2.37 bits per heavy atom. The van der Waals surface area contributed by atoms with Crippen molar-refractivity contribution in [2.45, 2.75) is 173 Å². The molecule has 1 unspecified atom stereocenters. The van der Waals surface area contributed by atoms with Crippen LogP contribution in [-0.4, -0.2) is 113 Å². The van der Waals surface area contributed by atoms with E-state index in [0.29, 0.717) is 5.57 Å². The highest BCUT2D eigenvalue weighted by atomic mass is 16.7. The van der Waals surface area contributed by atoms with Crippen molar-refractivity contribution in [3.63, 3.8) is 0 Å². The molecule has 0 aromatic heterocycles. The second kappa shape index (κ2) is 20.0. The van der Waals surface area contributed by atoms with Crippen LogP contribution in [0, 0.1) is 16.7 Å². The van der Waals surface area contributed by atoms with Crippen molar-refractivity contribution in [2.75, 3.05) is 7.11 Å². The lowest BCUT2D eigenvalue weighted by Crippen LogP contribution is -2.65. The van der Waals surface area contributed by atoms with Crippen LogP contribution < -0.4 is 0 Å². The van der Waals surface area contributed by atoms with Gasteiger partial charge in [0, 0.05) is 50.7 Å². The lowest BCUT2D eigenvalue weighted by molar-refractivity contribution is -0.348. The number of aliphatic hydroxyl groups excluding tert-OH is 2. The molecular formula is C46H64O16. The summed E-state index contributed by atoms with van der Waals surface area (Å²) in [5, 5.41) is 34.6. The lowest BCUT2D eigenvalue weighted by atomic mass is 9.70. The van der Waals surface area contributed by atoms with E-state index in [-0.39, 0.29) is 50.7 Å². The molecule has 3 saturated heterocycles. The highest BCUT2D eigenvalue weighted by molar-refractivity contribution is 5.83. The fourth-order valence-corrected chi connectivity index (χ4v) is 8.83. The Bertz CT molecular complexity index is 1820.